The Balaban J connectivity index is 2.71. The number of carbonyl (C=O) groups excluding carboxylic acids is 1. The largest absolute Gasteiger partial charge is 0.398 e. The molecule has 0 bridgehead atoms. The highest BCUT2D eigenvalue weighted by atomic mass is 79.9. The summed E-state index contributed by atoms with van der Waals surface area (Å²) in [5.74, 6) is -0.0140. The number of amides is 1. The minimum atomic E-state index is -0.0140. The summed E-state index contributed by atoms with van der Waals surface area (Å²) in [4.78, 5) is 13.9. The predicted octanol–water partition coefficient (Wildman–Crippen LogP) is 3.29. The summed E-state index contributed by atoms with van der Waals surface area (Å²) >= 11 is 3.35. The van der Waals surface area contributed by atoms with E-state index in [1.165, 1.54) is 0 Å². The van der Waals surface area contributed by atoms with Gasteiger partial charge in [0, 0.05) is 23.8 Å². The summed E-state index contributed by atoms with van der Waals surface area (Å²) in [7, 11) is 1.82. The number of benzene rings is 1. The second kappa shape index (κ2) is 6.64. The molecule has 0 saturated carbocycles. The maximum absolute atomic E-state index is 12.1. The number of unbranched alkanes of at least 4 members (excludes halogenated alkanes) is 2. The first-order valence-electron chi connectivity index (χ1n) is 5.86. The SMILES string of the molecule is CCCCCN(C)C(=O)c1cc(Br)ccc1N. The smallest absolute Gasteiger partial charge is 0.255 e. The van der Waals surface area contributed by atoms with E-state index in [0.29, 0.717) is 11.3 Å². The van der Waals surface area contributed by atoms with Crippen molar-refractivity contribution in [2.45, 2.75) is 26.2 Å². The maximum atomic E-state index is 12.1. The molecule has 1 rings (SSSR count). The molecule has 0 spiro atoms. The van der Waals surface area contributed by atoms with Gasteiger partial charge in [-0.15, -0.1) is 0 Å². The summed E-state index contributed by atoms with van der Waals surface area (Å²) in [5, 5.41) is 0. The van der Waals surface area contributed by atoms with Crippen molar-refractivity contribution >= 4 is 27.5 Å². The van der Waals surface area contributed by atoms with Gasteiger partial charge in [-0.2, -0.15) is 0 Å². The van der Waals surface area contributed by atoms with E-state index >= 15 is 0 Å². The summed E-state index contributed by atoms with van der Waals surface area (Å²) < 4.78 is 0.872. The number of hydrogen-bond donors (Lipinski definition) is 1. The Morgan fingerprint density at radius 2 is 2.12 bits per heavy atom. The molecular weight excluding hydrogens is 280 g/mol. The zero-order valence-corrected chi connectivity index (χ0v) is 12.0. The quantitative estimate of drug-likeness (QED) is 0.670. The number of nitrogens with two attached hydrogens (primary N) is 1. The molecule has 1 amide bonds. The number of hydrogen-bond acceptors (Lipinski definition) is 2. The lowest BCUT2D eigenvalue weighted by Crippen LogP contribution is -2.28. The highest BCUT2D eigenvalue weighted by molar-refractivity contribution is 9.10. The van der Waals surface area contributed by atoms with Gasteiger partial charge in [-0.1, -0.05) is 35.7 Å². The molecule has 0 saturated heterocycles. The summed E-state index contributed by atoms with van der Waals surface area (Å²) in [6, 6.07) is 5.36. The lowest BCUT2D eigenvalue weighted by molar-refractivity contribution is 0.0793. The summed E-state index contributed by atoms with van der Waals surface area (Å²) in [5.41, 5.74) is 6.91. The first-order chi connectivity index (χ1) is 8.06. The van der Waals surface area contributed by atoms with E-state index in [0.717, 1.165) is 30.3 Å². The average molecular weight is 299 g/mol. The molecule has 2 N–H and O–H groups in total. The summed E-state index contributed by atoms with van der Waals surface area (Å²) in [6.45, 7) is 2.92. The van der Waals surface area contributed by atoms with Crippen molar-refractivity contribution in [3.8, 4) is 0 Å². The third kappa shape index (κ3) is 4.04. The number of carbonyl (C=O) groups is 1. The van der Waals surface area contributed by atoms with Crippen molar-refractivity contribution < 1.29 is 4.79 Å². The topological polar surface area (TPSA) is 46.3 Å². The zero-order valence-electron chi connectivity index (χ0n) is 10.4. The summed E-state index contributed by atoms with van der Waals surface area (Å²) in [6.07, 6.45) is 3.33. The van der Waals surface area contributed by atoms with Gasteiger partial charge in [-0.3, -0.25) is 4.79 Å². The van der Waals surface area contributed by atoms with Crippen LogP contribution in [-0.4, -0.2) is 24.4 Å². The minimum Gasteiger partial charge on any atom is -0.398 e. The lowest BCUT2D eigenvalue weighted by atomic mass is 10.1. The van der Waals surface area contributed by atoms with Gasteiger partial charge < -0.3 is 10.6 Å². The van der Waals surface area contributed by atoms with Gasteiger partial charge in [-0.05, 0) is 24.6 Å². The van der Waals surface area contributed by atoms with E-state index in [4.69, 9.17) is 5.73 Å². The van der Waals surface area contributed by atoms with E-state index in [9.17, 15) is 4.79 Å². The van der Waals surface area contributed by atoms with Crippen LogP contribution in [0.15, 0.2) is 22.7 Å². The van der Waals surface area contributed by atoms with Crippen LogP contribution >= 0.6 is 15.9 Å². The molecule has 0 aliphatic rings. The highest BCUT2D eigenvalue weighted by Gasteiger charge is 2.14. The van der Waals surface area contributed by atoms with Gasteiger partial charge >= 0.3 is 0 Å². The molecule has 1 aromatic carbocycles. The van der Waals surface area contributed by atoms with Gasteiger partial charge in [0.15, 0.2) is 0 Å². The van der Waals surface area contributed by atoms with Crippen molar-refractivity contribution in [1.29, 1.82) is 0 Å². The normalized spacial score (nSPS) is 10.3. The van der Waals surface area contributed by atoms with Crippen LogP contribution < -0.4 is 5.73 Å². The van der Waals surface area contributed by atoms with Crippen molar-refractivity contribution in [1.82, 2.24) is 4.90 Å². The lowest BCUT2D eigenvalue weighted by Gasteiger charge is -2.18. The van der Waals surface area contributed by atoms with E-state index in [1.807, 2.05) is 13.1 Å². The monoisotopic (exact) mass is 298 g/mol. The van der Waals surface area contributed by atoms with Crippen molar-refractivity contribution in [3.05, 3.63) is 28.2 Å². The second-order valence-corrected chi connectivity index (χ2v) is 5.08. The Morgan fingerprint density at radius 1 is 1.41 bits per heavy atom. The predicted molar refractivity (Wildman–Crippen MR) is 75.0 cm³/mol. The van der Waals surface area contributed by atoms with E-state index in [-0.39, 0.29) is 5.91 Å². The molecule has 0 fully saturated rings. The molecule has 4 heteroatoms. The second-order valence-electron chi connectivity index (χ2n) is 4.17. The number of rotatable bonds is 5. The fraction of sp³-hybridized carbons (Fsp3) is 0.462. The third-order valence-electron chi connectivity index (χ3n) is 2.69. The van der Waals surface area contributed by atoms with E-state index < -0.39 is 0 Å². The van der Waals surface area contributed by atoms with Crippen LogP contribution in [0.4, 0.5) is 5.69 Å². The molecule has 0 aliphatic heterocycles. The fourth-order valence-electron chi connectivity index (χ4n) is 1.62. The molecule has 0 unspecified atom stereocenters. The first-order valence-corrected chi connectivity index (χ1v) is 6.66. The third-order valence-corrected chi connectivity index (χ3v) is 3.18. The molecule has 0 atom stereocenters. The van der Waals surface area contributed by atoms with Crippen LogP contribution in [0.25, 0.3) is 0 Å². The van der Waals surface area contributed by atoms with Crippen LogP contribution in [0.3, 0.4) is 0 Å². The Labute approximate surface area is 111 Å². The Morgan fingerprint density at radius 3 is 2.76 bits per heavy atom. The van der Waals surface area contributed by atoms with Crippen molar-refractivity contribution in [2.75, 3.05) is 19.3 Å². The van der Waals surface area contributed by atoms with Crippen LogP contribution in [0.1, 0.15) is 36.5 Å². The van der Waals surface area contributed by atoms with Gasteiger partial charge in [0.1, 0.15) is 0 Å². The van der Waals surface area contributed by atoms with Gasteiger partial charge in [0.2, 0.25) is 0 Å². The highest BCUT2D eigenvalue weighted by Crippen LogP contribution is 2.19. The number of nitrogen functional groups attached to an aromatic ring is 1. The van der Waals surface area contributed by atoms with E-state index in [1.54, 1.807) is 17.0 Å². The first kappa shape index (κ1) is 14.0. The molecule has 0 heterocycles. The molecule has 0 radical (unpaired) electrons. The number of halogens is 1. The van der Waals surface area contributed by atoms with Gasteiger partial charge in [0.05, 0.1) is 5.56 Å². The van der Waals surface area contributed by atoms with Crippen LogP contribution in [0.2, 0.25) is 0 Å². The number of nitrogens with zero attached hydrogens (tertiary/aromatic N) is 1. The molecule has 1 aromatic rings. The Kier molecular flexibility index (Phi) is 5.48. The Bertz CT molecular complexity index is 393. The van der Waals surface area contributed by atoms with Crippen molar-refractivity contribution in [2.24, 2.45) is 0 Å². The maximum Gasteiger partial charge on any atom is 0.255 e. The molecule has 94 valence electrons. The molecule has 17 heavy (non-hydrogen) atoms. The van der Waals surface area contributed by atoms with Crippen LogP contribution in [-0.2, 0) is 0 Å². The minimum absolute atomic E-state index is 0.0140. The van der Waals surface area contributed by atoms with Crippen LogP contribution in [0, 0.1) is 0 Å². The van der Waals surface area contributed by atoms with Gasteiger partial charge in [-0.25, -0.2) is 0 Å². The molecule has 0 aliphatic carbocycles. The zero-order chi connectivity index (χ0) is 12.8. The molecule has 3 nitrogen and oxygen atoms in total. The number of anilines is 1. The van der Waals surface area contributed by atoms with Crippen LogP contribution in [0.5, 0.6) is 0 Å². The Hall–Kier alpha value is -1.03. The standard InChI is InChI=1S/C13H19BrN2O/c1-3-4-5-8-16(2)13(17)11-9-10(14)6-7-12(11)15/h6-7,9H,3-5,8,15H2,1-2H3. The molecular formula is C13H19BrN2O. The average Bonchev–Trinajstić information content (AvgIpc) is 2.31. The van der Waals surface area contributed by atoms with Gasteiger partial charge in [0.25, 0.3) is 5.91 Å². The molecule has 0 aromatic heterocycles. The van der Waals surface area contributed by atoms with Crippen molar-refractivity contribution in [3.63, 3.8) is 0 Å². The fourth-order valence-corrected chi connectivity index (χ4v) is 1.98. The van der Waals surface area contributed by atoms with E-state index in [2.05, 4.69) is 22.9 Å².